The van der Waals surface area contributed by atoms with E-state index in [1.165, 1.54) is 17.5 Å². The molecule has 8 nitrogen and oxygen atoms in total. The lowest BCUT2D eigenvalue weighted by molar-refractivity contribution is -0.122. The average Bonchev–Trinajstić information content (AvgIpc) is 2.84. The van der Waals surface area contributed by atoms with E-state index < -0.39 is 28.0 Å². The number of fused-ring (bicyclic) bond motifs is 1. The standard InChI is InChI=1S/C26H26N2O6S/c1-16-5-10-20(11-6-16)35(31,32)28-15-24(34-23-12-7-17(2)13-22(23)28)25(29)27-21-14-19(26(30)33-4)9-8-18(21)3/h5-14,24H,15H2,1-4H3,(H,27,29)/t24-/m0/s1. The first kappa shape index (κ1) is 24.3. The van der Waals surface area contributed by atoms with Crippen LogP contribution < -0.4 is 14.4 Å². The number of benzene rings is 3. The Balaban J connectivity index is 1.68. The molecule has 3 aromatic rings. The number of methoxy groups -OCH3 is 1. The summed E-state index contributed by atoms with van der Waals surface area (Å²) in [5.41, 5.74) is 3.57. The number of carbonyl (C=O) groups excluding carboxylic acids is 2. The van der Waals surface area contributed by atoms with Crippen molar-refractivity contribution in [2.75, 3.05) is 23.3 Å². The smallest absolute Gasteiger partial charge is 0.337 e. The van der Waals surface area contributed by atoms with Crippen LogP contribution in [-0.4, -0.2) is 40.1 Å². The number of carbonyl (C=O) groups is 2. The maximum atomic E-state index is 13.6. The molecule has 0 unspecified atom stereocenters. The molecule has 0 aromatic heterocycles. The number of rotatable bonds is 5. The van der Waals surface area contributed by atoms with Gasteiger partial charge in [0.15, 0.2) is 6.10 Å². The molecule has 182 valence electrons. The number of hydrogen-bond acceptors (Lipinski definition) is 6. The quantitative estimate of drug-likeness (QED) is 0.538. The number of anilines is 2. The lowest BCUT2D eigenvalue weighted by Crippen LogP contribution is -2.49. The molecular formula is C26H26N2O6S. The Labute approximate surface area is 204 Å². The SMILES string of the molecule is COC(=O)c1ccc(C)c(NC(=O)[C@@H]2CN(S(=O)(=O)c3ccc(C)cc3)c3cc(C)ccc3O2)c1. The van der Waals surface area contributed by atoms with Gasteiger partial charge in [-0.05, 0) is 68.3 Å². The molecule has 0 bridgehead atoms. The third-order valence-corrected chi connectivity index (χ3v) is 7.60. The summed E-state index contributed by atoms with van der Waals surface area (Å²) in [4.78, 5) is 25.3. The van der Waals surface area contributed by atoms with E-state index in [9.17, 15) is 18.0 Å². The molecule has 1 atom stereocenters. The van der Waals surface area contributed by atoms with Gasteiger partial charge in [-0.15, -0.1) is 0 Å². The summed E-state index contributed by atoms with van der Waals surface area (Å²) in [7, 11) is -2.69. The van der Waals surface area contributed by atoms with Gasteiger partial charge < -0.3 is 14.8 Å². The van der Waals surface area contributed by atoms with Crippen LogP contribution in [0, 0.1) is 20.8 Å². The summed E-state index contributed by atoms with van der Waals surface area (Å²) in [5.74, 6) is -0.780. The van der Waals surface area contributed by atoms with Gasteiger partial charge in [-0.1, -0.05) is 29.8 Å². The summed E-state index contributed by atoms with van der Waals surface area (Å²) in [5, 5.41) is 2.77. The first-order valence-electron chi connectivity index (χ1n) is 11.0. The lowest BCUT2D eigenvalue weighted by atomic mass is 10.1. The Kier molecular flexibility index (Phi) is 6.53. The summed E-state index contributed by atoms with van der Waals surface area (Å²) < 4.78 is 39.1. The van der Waals surface area contributed by atoms with Crippen LogP contribution in [0.15, 0.2) is 65.6 Å². The monoisotopic (exact) mass is 494 g/mol. The normalized spacial score (nSPS) is 15.1. The summed E-state index contributed by atoms with van der Waals surface area (Å²) in [6, 6.07) is 16.5. The highest BCUT2D eigenvalue weighted by Gasteiger charge is 2.37. The van der Waals surface area contributed by atoms with Gasteiger partial charge >= 0.3 is 5.97 Å². The van der Waals surface area contributed by atoms with Crippen molar-refractivity contribution in [3.05, 3.63) is 82.9 Å². The summed E-state index contributed by atoms with van der Waals surface area (Å²) >= 11 is 0. The van der Waals surface area contributed by atoms with E-state index in [1.807, 2.05) is 13.8 Å². The van der Waals surface area contributed by atoms with Crippen molar-refractivity contribution in [1.29, 1.82) is 0 Å². The first-order valence-corrected chi connectivity index (χ1v) is 12.4. The predicted octanol–water partition coefficient (Wildman–Crippen LogP) is 3.99. The maximum absolute atomic E-state index is 13.6. The molecule has 0 saturated carbocycles. The highest BCUT2D eigenvalue weighted by Crippen LogP contribution is 2.38. The minimum Gasteiger partial charge on any atom is -0.476 e. The Morgan fingerprint density at radius 3 is 2.34 bits per heavy atom. The zero-order chi connectivity index (χ0) is 25.3. The highest BCUT2D eigenvalue weighted by atomic mass is 32.2. The zero-order valence-corrected chi connectivity index (χ0v) is 20.7. The van der Waals surface area contributed by atoms with E-state index in [0.29, 0.717) is 11.4 Å². The van der Waals surface area contributed by atoms with Crippen molar-refractivity contribution in [3.8, 4) is 5.75 Å². The van der Waals surface area contributed by atoms with Gasteiger partial charge in [0.1, 0.15) is 5.75 Å². The Morgan fingerprint density at radius 1 is 0.971 bits per heavy atom. The minimum absolute atomic E-state index is 0.123. The number of esters is 1. The van der Waals surface area contributed by atoms with Gasteiger partial charge in [-0.2, -0.15) is 0 Å². The molecule has 4 rings (SSSR count). The fraction of sp³-hybridized carbons (Fsp3) is 0.231. The minimum atomic E-state index is -3.97. The van der Waals surface area contributed by atoms with Crippen LogP contribution >= 0.6 is 0 Å². The van der Waals surface area contributed by atoms with E-state index in [4.69, 9.17) is 9.47 Å². The topological polar surface area (TPSA) is 102 Å². The van der Waals surface area contributed by atoms with Crippen LogP contribution in [0.4, 0.5) is 11.4 Å². The largest absolute Gasteiger partial charge is 0.476 e. The van der Waals surface area contributed by atoms with Gasteiger partial charge in [-0.25, -0.2) is 13.2 Å². The van der Waals surface area contributed by atoms with Gasteiger partial charge in [0.2, 0.25) is 0 Å². The Hall–Kier alpha value is -3.85. The van der Waals surface area contributed by atoms with E-state index in [-0.39, 0.29) is 22.8 Å². The molecule has 1 aliphatic heterocycles. The van der Waals surface area contributed by atoms with Crippen LogP contribution in [0.2, 0.25) is 0 Å². The molecule has 35 heavy (non-hydrogen) atoms. The third kappa shape index (κ3) is 4.85. The average molecular weight is 495 g/mol. The second-order valence-electron chi connectivity index (χ2n) is 8.44. The van der Waals surface area contributed by atoms with Crippen LogP contribution in [0.25, 0.3) is 0 Å². The van der Waals surface area contributed by atoms with E-state index >= 15 is 0 Å². The number of hydrogen-bond donors (Lipinski definition) is 1. The van der Waals surface area contributed by atoms with Crippen LogP contribution in [0.5, 0.6) is 5.75 Å². The fourth-order valence-corrected chi connectivity index (χ4v) is 5.25. The van der Waals surface area contributed by atoms with Gasteiger partial charge in [0.25, 0.3) is 15.9 Å². The molecule has 1 amide bonds. The van der Waals surface area contributed by atoms with Crippen molar-refractivity contribution in [2.24, 2.45) is 0 Å². The molecule has 1 aliphatic rings. The second kappa shape index (κ2) is 9.42. The van der Waals surface area contributed by atoms with Crippen molar-refractivity contribution >= 4 is 33.3 Å². The molecular weight excluding hydrogens is 468 g/mol. The van der Waals surface area contributed by atoms with Crippen molar-refractivity contribution < 1.29 is 27.5 Å². The van der Waals surface area contributed by atoms with Gasteiger partial charge in [0.05, 0.1) is 29.8 Å². The summed E-state index contributed by atoms with van der Waals surface area (Å²) in [6.07, 6.45) is -1.12. The van der Waals surface area contributed by atoms with Crippen molar-refractivity contribution in [2.45, 2.75) is 31.8 Å². The molecule has 0 saturated heterocycles. The summed E-state index contributed by atoms with van der Waals surface area (Å²) in [6.45, 7) is 5.30. The van der Waals surface area contributed by atoms with Gasteiger partial charge in [0, 0.05) is 5.69 Å². The molecule has 0 radical (unpaired) electrons. The fourth-order valence-electron chi connectivity index (χ4n) is 3.78. The number of nitrogens with one attached hydrogen (secondary N) is 1. The number of aryl methyl sites for hydroxylation is 3. The highest BCUT2D eigenvalue weighted by molar-refractivity contribution is 7.92. The van der Waals surface area contributed by atoms with E-state index in [1.54, 1.807) is 61.5 Å². The first-order chi connectivity index (χ1) is 16.6. The molecule has 0 aliphatic carbocycles. The molecule has 9 heteroatoms. The predicted molar refractivity (Wildman–Crippen MR) is 132 cm³/mol. The molecule has 1 N–H and O–H groups in total. The Bertz CT molecular complexity index is 1400. The van der Waals surface area contributed by atoms with Crippen LogP contribution in [0.1, 0.15) is 27.0 Å². The van der Waals surface area contributed by atoms with E-state index in [2.05, 4.69) is 5.32 Å². The number of amides is 1. The Morgan fingerprint density at radius 2 is 1.66 bits per heavy atom. The van der Waals surface area contributed by atoms with Crippen molar-refractivity contribution in [1.82, 2.24) is 0 Å². The number of nitrogens with zero attached hydrogens (tertiary/aromatic N) is 1. The third-order valence-electron chi connectivity index (χ3n) is 5.80. The van der Waals surface area contributed by atoms with E-state index in [0.717, 1.165) is 16.7 Å². The van der Waals surface area contributed by atoms with Gasteiger partial charge in [-0.3, -0.25) is 9.10 Å². The molecule has 3 aromatic carbocycles. The molecule has 1 heterocycles. The van der Waals surface area contributed by atoms with Crippen LogP contribution in [-0.2, 0) is 19.6 Å². The lowest BCUT2D eigenvalue weighted by Gasteiger charge is -2.35. The maximum Gasteiger partial charge on any atom is 0.337 e. The van der Waals surface area contributed by atoms with Crippen LogP contribution in [0.3, 0.4) is 0 Å². The van der Waals surface area contributed by atoms with Crippen molar-refractivity contribution in [3.63, 3.8) is 0 Å². The molecule has 0 fully saturated rings. The molecule has 0 spiro atoms. The zero-order valence-electron chi connectivity index (χ0n) is 19.9. The second-order valence-corrected chi connectivity index (χ2v) is 10.3. The number of ether oxygens (including phenoxy) is 2. The number of sulfonamides is 1.